The molecule has 0 spiro atoms. The number of furan rings is 1. The standard InChI is InChI=1S/C11H9NO/c1-7-6-8-2-4-12-10(8)11-9(7)3-5-13-11/h2-6,12H,1H3. The summed E-state index contributed by atoms with van der Waals surface area (Å²) in [4.78, 5) is 3.18. The fourth-order valence-corrected chi connectivity index (χ4v) is 1.82. The van der Waals surface area contributed by atoms with E-state index in [2.05, 4.69) is 24.0 Å². The van der Waals surface area contributed by atoms with Crippen molar-refractivity contribution in [3.63, 3.8) is 0 Å². The van der Waals surface area contributed by atoms with E-state index in [1.54, 1.807) is 6.26 Å². The van der Waals surface area contributed by atoms with Crippen molar-refractivity contribution in [1.29, 1.82) is 0 Å². The number of aromatic amines is 1. The van der Waals surface area contributed by atoms with Gasteiger partial charge in [0, 0.05) is 17.0 Å². The average molecular weight is 171 g/mol. The molecule has 0 unspecified atom stereocenters. The third kappa shape index (κ3) is 0.773. The van der Waals surface area contributed by atoms with Gasteiger partial charge in [-0.25, -0.2) is 0 Å². The molecule has 2 heteroatoms. The van der Waals surface area contributed by atoms with Crippen molar-refractivity contribution in [1.82, 2.24) is 4.98 Å². The lowest BCUT2D eigenvalue weighted by Gasteiger charge is -1.96. The molecule has 3 rings (SSSR count). The topological polar surface area (TPSA) is 28.9 Å². The Balaban J connectivity index is 2.70. The van der Waals surface area contributed by atoms with Crippen LogP contribution >= 0.6 is 0 Å². The van der Waals surface area contributed by atoms with E-state index in [1.165, 1.54) is 16.3 Å². The van der Waals surface area contributed by atoms with Crippen LogP contribution in [0.1, 0.15) is 5.56 Å². The normalized spacial score (nSPS) is 11.5. The summed E-state index contributed by atoms with van der Waals surface area (Å²) >= 11 is 0. The Morgan fingerprint density at radius 2 is 2.23 bits per heavy atom. The molecule has 2 heterocycles. The van der Waals surface area contributed by atoms with Crippen LogP contribution in [0.15, 0.2) is 35.1 Å². The molecule has 1 N–H and O–H groups in total. The summed E-state index contributed by atoms with van der Waals surface area (Å²) in [5, 5.41) is 2.40. The van der Waals surface area contributed by atoms with E-state index in [0.717, 1.165) is 11.1 Å². The van der Waals surface area contributed by atoms with Crippen molar-refractivity contribution in [3.8, 4) is 0 Å². The molecule has 2 aromatic heterocycles. The first-order chi connectivity index (χ1) is 6.36. The van der Waals surface area contributed by atoms with Crippen molar-refractivity contribution in [2.45, 2.75) is 6.92 Å². The first-order valence-electron chi connectivity index (χ1n) is 4.30. The molecule has 0 fully saturated rings. The first kappa shape index (κ1) is 6.78. The van der Waals surface area contributed by atoms with Crippen molar-refractivity contribution < 1.29 is 4.42 Å². The molecule has 0 atom stereocenters. The zero-order valence-corrected chi connectivity index (χ0v) is 7.29. The van der Waals surface area contributed by atoms with E-state index in [9.17, 15) is 0 Å². The van der Waals surface area contributed by atoms with E-state index in [1.807, 2.05) is 12.3 Å². The Morgan fingerprint density at radius 3 is 3.15 bits per heavy atom. The predicted molar refractivity (Wildman–Crippen MR) is 52.8 cm³/mol. The molecule has 0 bridgehead atoms. The van der Waals surface area contributed by atoms with E-state index >= 15 is 0 Å². The van der Waals surface area contributed by atoms with Crippen molar-refractivity contribution >= 4 is 21.9 Å². The van der Waals surface area contributed by atoms with Gasteiger partial charge in [0.2, 0.25) is 0 Å². The highest BCUT2D eigenvalue weighted by Crippen LogP contribution is 2.27. The van der Waals surface area contributed by atoms with Crippen LogP contribution in [0, 0.1) is 6.92 Å². The molecule has 3 aromatic rings. The van der Waals surface area contributed by atoms with E-state index in [-0.39, 0.29) is 0 Å². The minimum atomic E-state index is 0.958. The minimum Gasteiger partial charge on any atom is -0.462 e. The van der Waals surface area contributed by atoms with Gasteiger partial charge in [0.15, 0.2) is 5.58 Å². The van der Waals surface area contributed by atoms with Crippen LogP contribution in [-0.4, -0.2) is 4.98 Å². The van der Waals surface area contributed by atoms with Gasteiger partial charge in [-0.15, -0.1) is 0 Å². The quantitative estimate of drug-likeness (QED) is 0.552. The summed E-state index contributed by atoms with van der Waals surface area (Å²) in [5.41, 5.74) is 3.31. The minimum absolute atomic E-state index is 0.958. The zero-order valence-electron chi connectivity index (χ0n) is 7.29. The van der Waals surface area contributed by atoms with Crippen molar-refractivity contribution in [2.24, 2.45) is 0 Å². The largest absolute Gasteiger partial charge is 0.462 e. The second-order valence-corrected chi connectivity index (χ2v) is 3.30. The molecule has 0 saturated carbocycles. The smallest absolute Gasteiger partial charge is 0.158 e. The summed E-state index contributed by atoms with van der Waals surface area (Å²) in [5.74, 6) is 0. The molecule has 13 heavy (non-hydrogen) atoms. The van der Waals surface area contributed by atoms with Crippen LogP contribution in [0.5, 0.6) is 0 Å². The SMILES string of the molecule is Cc1cc2cc[nH]c2c2occc12. The number of aryl methyl sites for hydroxylation is 1. The highest BCUT2D eigenvalue weighted by atomic mass is 16.3. The predicted octanol–water partition coefficient (Wildman–Crippen LogP) is 3.22. The van der Waals surface area contributed by atoms with E-state index < -0.39 is 0 Å². The van der Waals surface area contributed by atoms with Crippen LogP contribution in [0.2, 0.25) is 0 Å². The number of hydrogen-bond acceptors (Lipinski definition) is 1. The first-order valence-corrected chi connectivity index (χ1v) is 4.30. The summed E-state index contributed by atoms with van der Waals surface area (Å²) in [6.07, 6.45) is 3.67. The highest BCUT2D eigenvalue weighted by molar-refractivity contribution is 6.03. The fraction of sp³-hybridized carbons (Fsp3) is 0.0909. The molecule has 64 valence electrons. The Kier molecular flexibility index (Phi) is 1.13. The number of nitrogens with one attached hydrogen (secondary N) is 1. The van der Waals surface area contributed by atoms with Gasteiger partial charge in [0.25, 0.3) is 0 Å². The van der Waals surface area contributed by atoms with Gasteiger partial charge >= 0.3 is 0 Å². The number of aromatic nitrogens is 1. The lowest BCUT2D eigenvalue weighted by Crippen LogP contribution is -1.75. The van der Waals surface area contributed by atoms with Crippen LogP contribution in [0.4, 0.5) is 0 Å². The van der Waals surface area contributed by atoms with Gasteiger partial charge in [-0.05, 0) is 30.7 Å². The molecular weight excluding hydrogens is 162 g/mol. The van der Waals surface area contributed by atoms with Gasteiger partial charge in [0.05, 0.1) is 11.8 Å². The third-order valence-electron chi connectivity index (χ3n) is 2.47. The van der Waals surface area contributed by atoms with Crippen LogP contribution < -0.4 is 0 Å². The number of fused-ring (bicyclic) bond motifs is 3. The van der Waals surface area contributed by atoms with Crippen LogP contribution in [0.25, 0.3) is 21.9 Å². The molecular formula is C11H9NO. The van der Waals surface area contributed by atoms with Gasteiger partial charge in [-0.3, -0.25) is 0 Å². The van der Waals surface area contributed by atoms with Crippen molar-refractivity contribution in [3.05, 3.63) is 36.2 Å². The van der Waals surface area contributed by atoms with Crippen LogP contribution in [-0.2, 0) is 0 Å². The highest BCUT2D eigenvalue weighted by Gasteiger charge is 2.06. The Bertz CT molecular complexity index is 574. The summed E-state index contributed by atoms with van der Waals surface area (Å²) in [6.45, 7) is 2.10. The maximum atomic E-state index is 5.44. The molecule has 0 aliphatic carbocycles. The molecule has 0 aliphatic rings. The van der Waals surface area contributed by atoms with Gasteiger partial charge in [0.1, 0.15) is 0 Å². The second-order valence-electron chi connectivity index (χ2n) is 3.30. The molecule has 0 saturated heterocycles. The average Bonchev–Trinajstić information content (AvgIpc) is 2.66. The van der Waals surface area contributed by atoms with E-state index in [0.29, 0.717) is 0 Å². The zero-order chi connectivity index (χ0) is 8.84. The Morgan fingerprint density at radius 1 is 1.31 bits per heavy atom. The molecule has 0 aliphatic heterocycles. The Hall–Kier alpha value is -1.70. The fourth-order valence-electron chi connectivity index (χ4n) is 1.82. The Labute approximate surface area is 75.2 Å². The number of hydrogen-bond donors (Lipinski definition) is 1. The lowest BCUT2D eigenvalue weighted by atomic mass is 10.1. The van der Waals surface area contributed by atoms with Gasteiger partial charge in [-0.2, -0.15) is 0 Å². The maximum Gasteiger partial charge on any atom is 0.158 e. The van der Waals surface area contributed by atoms with Gasteiger partial charge in [-0.1, -0.05) is 0 Å². The lowest BCUT2D eigenvalue weighted by molar-refractivity contribution is 0.618. The van der Waals surface area contributed by atoms with Gasteiger partial charge < -0.3 is 9.40 Å². The van der Waals surface area contributed by atoms with Crippen LogP contribution in [0.3, 0.4) is 0 Å². The van der Waals surface area contributed by atoms with E-state index in [4.69, 9.17) is 4.42 Å². The molecule has 0 radical (unpaired) electrons. The van der Waals surface area contributed by atoms with Crippen molar-refractivity contribution in [2.75, 3.05) is 0 Å². The monoisotopic (exact) mass is 171 g/mol. The second kappa shape index (κ2) is 2.16. The summed E-state index contributed by atoms with van der Waals surface area (Å²) in [7, 11) is 0. The number of H-pyrrole nitrogens is 1. The summed E-state index contributed by atoms with van der Waals surface area (Å²) < 4.78 is 5.44. The number of benzene rings is 1. The molecule has 0 amide bonds. The third-order valence-corrected chi connectivity index (χ3v) is 2.47. The maximum absolute atomic E-state index is 5.44. The number of rotatable bonds is 0. The summed E-state index contributed by atoms with van der Waals surface area (Å²) in [6, 6.07) is 6.24. The molecule has 2 nitrogen and oxygen atoms in total. The molecule has 1 aromatic carbocycles.